The summed E-state index contributed by atoms with van der Waals surface area (Å²) in [5.74, 6) is -2.27. The first-order chi connectivity index (χ1) is 8.48. The first kappa shape index (κ1) is 14.0. The third kappa shape index (κ3) is 2.30. The van der Waals surface area contributed by atoms with E-state index in [1.54, 1.807) is 19.1 Å². The van der Waals surface area contributed by atoms with Gasteiger partial charge in [0.25, 0.3) is 0 Å². The summed E-state index contributed by atoms with van der Waals surface area (Å²) in [5.41, 5.74) is -1.69. The standard InChI is InChI=1S/C13H16O5/c1-3-7-13(11(14)15,12(16)17)9-5-4-6-10(8-9)18-2/h4-6,8H,3,7H2,1-2H3,(H,14,15)(H,16,17). The van der Waals surface area contributed by atoms with Crippen LogP contribution in [0.4, 0.5) is 0 Å². The van der Waals surface area contributed by atoms with Gasteiger partial charge in [0, 0.05) is 0 Å². The molecule has 0 heterocycles. The van der Waals surface area contributed by atoms with E-state index in [2.05, 4.69) is 0 Å². The number of carboxylic acids is 2. The van der Waals surface area contributed by atoms with Crippen molar-refractivity contribution in [2.45, 2.75) is 25.2 Å². The molecule has 1 aromatic carbocycles. The summed E-state index contributed by atoms with van der Waals surface area (Å²) in [6.45, 7) is 1.75. The number of carbonyl (C=O) groups is 2. The lowest BCUT2D eigenvalue weighted by molar-refractivity contribution is -0.158. The van der Waals surface area contributed by atoms with Crippen LogP contribution in [0.1, 0.15) is 25.3 Å². The van der Waals surface area contributed by atoms with Crippen LogP contribution in [0.3, 0.4) is 0 Å². The van der Waals surface area contributed by atoms with Gasteiger partial charge in [0.2, 0.25) is 0 Å². The van der Waals surface area contributed by atoms with Crippen LogP contribution in [0.2, 0.25) is 0 Å². The van der Waals surface area contributed by atoms with Gasteiger partial charge in [0.15, 0.2) is 5.41 Å². The van der Waals surface area contributed by atoms with Crippen molar-refractivity contribution in [2.75, 3.05) is 7.11 Å². The maximum Gasteiger partial charge on any atom is 0.325 e. The molecule has 0 spiro atoms. The number of aliphatic carboxylic acids is 2. The maximum atomic E-state index is 11.4. The van der Waals surface area contributed by atoms with Crippen molar-refractivity contribution in [1.29, 1.82) is 0 Å². The van der Waals surface area contributed by atoms with Gasteiger partial charge >= 0.3 is 11.9 Å². The fourth-order valence-corrected chi connectivity index (χ4v) is 1.96. The minimum absolute atomic E-state index is 0.0326. The molecule has 18 heavy (non-hydrogen) atoms. The van der Waals surface area contributed by atoms with Crippen molar-refractivity contribution in [1.82, 2.24) is 0 Å². The summed E-state index contributed by atoms with van der Waals surface area (Å²) in [5, 5.41) is 18.6. The second kappa shape index (κ2) is 5.53. The molecular weight excluding hydrogens is 236 g/mol. The van der Waals surface area contributed by atoms with Crippen molar-refractivity contribution in [3.63, 3.8) is 0 Å². The lowest BCUT2D eigenvalue weighted by atomic mass is 9.77. The zero-order valence-corrected chi connectivity index (χ0v) is 10.3. The van der Waals surface area contributed by atoms with E-state index < -0.39 is 17.4 Å². The summed E-state index contributed by atoms with van der Waals surface area (Å²) in [6.07, 6.45) is 0.487. The van der Waals surface area contributed by atoms with E-state index in [1.807, 2.05) is 0 Å². The minimum Gasteiger partial charge on any atom is -0.497 e. The molecule has 0 aliphatic rings. The highest BCUT2D eigenvalue weighted by Gasteiger charge is 2.47. The van der Waals surface area contributed by atoms with Crippen molar-refractivity contribution in [3.8, 4) is 5.75 Å². The molecule has 0 atom stereocenters. The molecule has 1 aromatic rings. The van der Waals surface area contributed by atoms with Crippen molar-refractivity contribution < 1.29 is 24.5 Å². The molecule has 0 bridgehead atoms. The summed E-state index contributed by atoms with van der Waals surface area (Å²) in [4.78, 5) is 22.9. The van der Waals surface area contributed by atoms with Gasteiger partial charge in [-0.15, -0.1) is 0 Å². The Labute approximate surface area is 105 Å². The topological polar surface area (TPSA) is 83.8 Å². The van der Waals surface area contributed by atoms with Crippen molar-refractivity contribution in [3.05, 3.63) is 29.8 Å². The summed E-state index contributed by atoms with van der Waals surface area (Å²) in [6, 6.07) is 6.19. The van der Waals surface area contributed by atoms with Gasteiger partial charge in [0.1, 0.15) is 5.75 Å². The van der Waals surface area contributed by atoms with Crippen LogP contribution in [-0.2, 0) is 15.0 Å². The SMILES string of the molecule is CCCC(C(=O)O)(C(=O)O)c1cccc(OC)c1. The average molecular weight is 252 g/mol. The van der Waals surface area contributed by atoms with Gasteiger partial charge in [-0.2, -0.15) is 0 Å². The Balaban J connectivity index is 3.40. The molecule has 0 amide bonds. The third-order valence-electron chi connectivity index (χ3n) is 2.92. The lowest BCUT2D eigenvalue weighted by Crippen LogP contribution is -2.43. The van der Waals surface area contributed by atoms with Crippen LogP contribution in [0.25, 0.3) is 0 Å². The molecule has 0 aromatic heterocycles. The molecule has 0 radical (unpaired) electrons. The highest BCUT2D eigenvalue weighted by atomic mass is 16.5. The zero-order valence-electron chi connectivity index (χ0n) is 10.3. The Morgan fingerprint density at radius 2 is 1.89 bits per heavy atom. The van der Waals surface area contributed by atoms with Crippen LogP contribution >= 0.6 is 0 Å². The first-order valence-electron chi connectivity index (χ1n) is 5.60. The number of hydrogen-bond donors (Lipinski definition) is 2. The first-order valence-corrected chi connectivity index (χ1v) is 5.60. The fourth-order valence-electron chi connectivity index (χ4n) is 1.96. The number of carboxylic acid groups (broad SMARTS) is 2. The van der Waals surface area contributed by atoms with Crippen LogP contribution in [0.15, 0.2) is 24.3 Å². The Hall–Kier alpha value is -2.04. The molecule has 0 aliphatic heterocycles. The highest BCUT2D eigenvalue weighted by molar-refractivity contribution is 6.04. The molecule has 0 fully saturated rings. The highest BCUT2D eigenvalue weighted by Crippen LogP contribution is 2.32. The summed E-state index contributed by atoms with van der Waals surface area (Å²) >= 11 is 0. The maximum absolute atomic E-state index is 11.4. The second-order valence-electron chi connectivity index (χ2n) is 4.00. The monoisotopic (exact) mass is 252 g/mol. The second-order valence-corrected chi connectivity index (χ2v) is 4.00. The number of rotatable bonds is 6. The van der Waals surface area contributed by atoms with Crippen LogP contribution in [0, 0.1) is 0 Å². The normalized spacial score (nSPS) is 11.0. The predicted molar refractivity (Wildman–Crippen MR) is 64.9 cm³/mol. The third-order valence-corrected chi connectivity index (χ3v) is 2.92. The van der Waals surface area contributed by atoms with E-state index in [4.69, 9.17) is 4.74 Å². The van der Waals surface area contributed by atoms with E-state index in [0.29, 0.717) is 12.2 Å². The van der Waals surface area contributed by atoms with Crippen LogP contribution < -0.4 is 4.74 Å². The van der Waals surface area contributed by atoms with E-state index in [0.717, 1.165) is 0 Å². The average Bonchev–Trinajstić information content (AvgIpc) is 2.35. The molecule has 0 aliphatic carbocycles. The molecule has 0 saturated carbocycles. The summed E-state index contributed by atoms with van der Waals surface area (Å²) < 4.78 is 5.00. The van der Waals surface area contributed by atoms with Gasteiger partial charge in [-0.3, -0.25) is 9.59 Å². The molecule has 0 unspecified atom stereocenters. The smallest absolute Gasteiger partial charge is 0.325 e. The van der Waals surface area contributed by atoms with E-state index in [1.165, 1.54) is 19.2 Å². The van der Waals surface area contributed by atoms with E-state index >= 15 is 0 Å². The van der Waals surface area contributed by atoms with Gasteiger partial charge in [-0.1, -0.05) is 25.5 Å². The Bertz CT molecular complexity index is 438. The number of ether oxygens (including phenoxy) is 1. The molecular formula is C13H16O5. The minimum atomic E-state index is -1.91. The molecule has 2 N–H and O–H groups in total. The van der Waals surface area contributed by atoms with E-state index in [9.17, 15) is 19.8 Å². The van der Waals surface area contributed by atoms with Crippen LogP contribution in [0.5, 0.6) is 5.75 Å². The quantitative estimate of drug-likeness (QED) is 0.755. The fraction of sp³-hybridized carbons (Fsp3) is 0.385. The number of benzene rings is 1. The number of hydrogen-bond acceptors (Lipinski definition) is 3. The molecule has 5 nitrogen and oxygen atoms in total. The molecule has 98 valence electrons. The predicted octanol–water partition coefficient (Wildman–Crippen LogP) is 1.90. The molecule has 1 rings (SSSR count). The zero-order chi connectivity index (χ0) is 13.8. The van der Waals surface area contributed by atoms with Gasteiger partial charge in [0.05, 0.1) is 7.11 Å². The largest absolute Gasteiger partial charge is 0.497 e. The van der Waals surface area contributed by atoms with Crippen molar-refractivity contribution in [2.24, 2.45) is 0 Å². The molecule has 0 saturated heterocycles. The van der Waals surface area contributed by atoms with Crippen LogP contribution in [-0.4, -0.2) is 29.3 Å². The van der Waals surface area contributed by atoms with E-state index in [-0.39, 0.29) is 12.0 Å². The Kier molecular flexibility index (Phi) is 4.31. The Morgan fingerprint density at radius 1 is 1.28 bits per heavy atom. The number of methoxy groups -OCH3 is 1. The summed E-state index contributed by atoms with van der Waals surface area (Å²) in [7, 11) is 1.45. The van der Waals surface area contributed by atoms with Gasteiger partial charge in [-0.25, -0.2) is 0 Å². The Morgan fingerprint density at radius 3 is 2.33 bits per heavy atom. The van der Waals surface area contributed by atoms with Gasteiger partial charge in [-0.05, 0) is 24.1 Å². The molecule has 5 heteroatoms. The van der Waals surface area contributed by atoms with Crippen molar-refractivity contribution >= 4 is 11.9 Å². The lowest BCUT2D eigenvalue weighted by Gasteiger charge is -2.25. The van der Waals surface area contributed by atoms with Gasteiger partial charge < -0.3 is 14.9 Å².